The number of carbonyl (C=O) groups is 1. The number of aliphatic hydroxyl groups is 1. The third-order valence-corrected chi connectivity index (χ3v) is 3.69. The maximum atomic E-state index is 12.6. The average Bonchev–Trinajstić information content (AvgIpc) is 3.03. The molecule has 1 N–H and O–H groups in total. The van der Waals surface area contributed by atoms with Gasteiger partial charge in [-0.25, -0.2) is 9.78 Å². The maximum Gasteiger partial charge on any atom is 0.332 e. The molecule has 0 unspecified atom stereocenters. The lowest BCUT2D eigenvalue weighted by Gasteiger charge is -2.13. The molecule has 0 aromatic carbocycles. The average molecular weight is 326 g/mol. The number of aliphatic hydroxyl groups excluding tert-OH is 1. The van der Waals surface area contributed by atoms with Gasteiger partial charge in [0.25, 0.3) is 5.56 Å². The van der Waals surface area contributed by atoms with Crippen LogP contribution in [-0.2, 0) is 25.4 Å². The van der Waals surface area contributed by atoms with Gasteiger partial charge in [0.05, 0.1) is 6.33 Å². The summed E-state index contributed by atoms with van der Waals surface area (Å²) in [6.07, 6.45) is 1.97. The number of nitrogens with zero attached hydrogens (tertiary/aromatic N) is 5. The van der Waals surface area contributed by atoms with Crippen molar-refractivity contribution < 1.29 is 14.0 Å². The highest BCUT2D eigenvalue weighted by molar-refractivity contribution is 5.75. The Morgan fingerprint density at radius 2 is 2.17 bits per heavy atom. The molecular weight excluding hydrogens is 302 g/mol. The van der Waals surface area contributed by atoms with Crippen molar-refractivity contribution >= 4 is 17.1 Å². The highest BCUT2D eigenvalue weighted by Crippen LogP contribution is 2.04. The van der Waals surface area contributed by atoms with Gasteiger partial charge in [-0.3, -0.25) is 18.7 Å². The molecule has 0 spiro atoms. The molecular formula is C14H21N5O4. The summed E-state index contributed by atoms with van der Waals surface area (Å²) in [6, 6.07) is 0. The van der Waals surface area contributed by atoms with Crippen LogP contribution in [0.1, 0.15) is 23.4 Å². The summed E-state index contributed by atoms with van der Waals surface area (Å²) in [6.45, 7) is -2.93. The van der Waals surface area contributed by atoms with Crippen molar-refractivity contribution in [1.29, 1.82) is 0 Å². The molecule has 1 amide bonds. The summed E-state index contributed by atoms with van der Waals surface area (Å²) in [4.78, 5) is 41.7. The number of hydrogen-bond acceptors (Lipinski definition) is 5. The van der Waals surface area contributed by atoms with Gasteiger partial charge < -0.3 is 14.6 Å². The van der Waals surface area contributed by atoms with Crippen molar-refractivity contribution in [2.75, 3.05) is 13.8 Å². The molecule has 0 aliphatic heterocycles. The fourth-order valence-electron chi connectivity index (χ4n) is 2.28. The summed E-state index contributed by atoms with van der Waals surface area (Å²) in [5, 5.41) is 8.88. The minimum Gasteiger partial charge on any atom is -0.376 e. The molecule has 126 valence electrons. The van der Waals surface area contributed by atoms with Crippen LogP contribution in [-0.4, -0.2) is 48.4 Å². The largest absolute Gasteiger partial charge is 0.376 e. The lowest BCUT2D eigenvalue weighted by Crippen LogP contribution is -2.39. The summed E-state index contributed by atoms with van der Waals surface area (Å²) in [5.74, 6) is -0.247. The van der Waals surface area contributed by atoms with Crippen molar-refractivity contribution in [3.05, 3.63) is 27.2 Å². The Hall–Kier alpha value is -2.42. The van der Waals surface area contributed by atoms with E-state index in [1.54, 1.807) is 0 Å². The second-order valence-corrected chi connectivity index (χ2v) is 5.28. The fourth-order valence-corrected chi connectivity index (χ4v) is 2.28. The zero-order valence-electron chi connectivity index (χ0n) is 16.0. The normalized spacial score (nSPS) is 13.6. The van der Waals surface area contributed by atoms with E-state index in [2.05, 4.69) is 4.98 Å². The summed E-state index contributed by atoms with van der Waals surface area (Å²) in [5.41, 5.74) is -1.48. The number of unbranched alkanes of at least 4 members (excludes halogenated alkanes) is 1. The molecule has 9 heteroatoms. The second kappa shape index (κ2) is 6.78. The minimum atomic E-state index is -2.59. The highest BCUT2D eigenvalue weighted by atomic mass is 16.3. The van der Waals surface area contributed by atoms with Gasteiger partial charge in [0.1, 0.15) is 6.73 Å². The van der Waals surface area contributed by atoms with Crippen LogP contribution in [0.4, 0.5) is 0 Å². The quantitative estimate of drug-likeness (QED) is 0.542. The Morgan fingerprint density at radius 3 is 2.83 bits per heavy atom. The third kappa shape index (κ3) is 3.19. The van der Waals surface area contributed by atoms with Gasteiger partial charge >= 0.3 is 5.69 Å². The van der Waals surface area contributed by atoms with E-state index in [1.165, 1.54) is 14.1 Å². The van der Waals surface area contributed by atoms with E-state index in [1.807, 2.05) is 0 Å². The van der Waals surface area contributed by atoms with Gasteiger partial charge in [0, 0.05) is 38.1 Å². The van der Waals surface area contributed by atoms with E-state index >= 15 is 0 Å². The van der Waals surface area contributed by atoms with Gasteiger partial charge in [0.15, 0.2) is 11.2 Å². The molecule has 2 aromatic rings. The van der Waals surface area contributed by atoms with Gasteiger partial charge in [-0.05, 0) is 12.8 Å². The van der Waals surface area contributed by atoms with E-state index in [-0.39, 0.29) is 36.8 Å². The standard InChI is InChI=1S/C14H21N5O4/c1-16-8-15-12-11(16)13(22)19(14(23)18(12)3)7-5-4-6-10(21)17(2)9-20/h8,20H,4-7,9H2,1-3H3/i1D3. The van der Waals surface area contributed by atoms with Crippen molar-refractivity contribution in [3.63, 3.8) is 0 Å². The highest BCUT2D eigenvalue weighted by Gasteiger charge is 2.14. The number of amides is 1. The Kier molecular flexibility index (Phi) is 3.85. The number of carbonyl (C=O) groups excluding carboxylic acids is 1. The van der Waals surface area contributed by atoms with E-state index in [9.17, 15) is 14.4 Å². The van der Waals surface area contributed by atoms with Crippen LogP contribution in [0.15, 0.2) is 15.9 Å². The van der Waals surface area contributed by atoms with Crippen LogP contribution in [0.2, 0.25) is 0 Å². The molecule has 2 heterocycles. The molecule has 0 aliphatic rings. The molecule has 0 saturated carbocycles. The number of rotatable bonds is 6. The van der Waals surface area contributed by atoms with Crippen LogP contribution < -0.4 is 11.2 Å². The number of hydrogen-bond donors (Lipinski definition) is 1. The Labute approximate surface area is 136 Å². The van der Waals surface area contributed by atoms with Crippen molar-refractivity contribution in [2.45, 2.75) is 25.8 Å². The molecule has 23 heavy (non-hydrogen) atoms. The number of fused-ring (bicyclic) bond motifs is 1. The van der Waals surface area contributed by atoms with E-state index in [0.29, 0.717) is 12.8 Å². The summed E-state index contributed by atoms with van der Waals surface area (Å²) >= 11 is 0. The van der Waals surface area contributed by atoms with E-state index in [0.717, 1.165) is 24.9 Å². The van der Waals surface area contributed by atoms with Crippen molar-refractivity contribution in [3.8, 4) is 0 Å². The third-order valence-electron chi connectivity index (χ3n) is 3.69. The monoisotopic (exact) mass is 326 g/mol. The van der Waals surface area contributed by atoms with E-state index in [4.69, 9.17) is 9.22 Å². The zero-order valence-corrected chi connectivity index (χ0v) is 13.0. The first-order chi connectivity index (χ1) is 12.1. The molecule has 0 bridgehead atoms. The van der Waals surface area contributed by atoms with Gasteiger partial charge in [-0.2, -0.15) is 0 Å². The first-order valence-corrected chi connectivity index (χ1v) is 7.11. The Bertz CT molecular complexity index is 928. The van der Waals surface area contributed by atoms with Gasteiger partial charge in [0.2, 0.25) is 5.91 Å². The molecule has 0 aliphatic carbocycles. The molecule has 9 nitrogen and oxygen atoms in total. The van der Waals surface area contributed by atoms with E-state index < -0.39 is 18.2 Å². The first-order valence-electron chi connectivity index (χ1n) is 8.61. The predicted molar refractivity (Wildman–Crippen MR) is 83.9 cm³/mol. The van der Waals surface area contributed by atoms with Crippen LogP contribution in [0.25, 0.3) is 11.2 Å². The van der Waals surface area contributed by atoms with Crippen LogP contribution in [0, 0.1) is 0 Å². The first kappa shape index (κ1) is 13.1. The number of imidazole rings is 1. The summed E-state index contributed by atoms with van der Waals surface area (Å²) < 4.78 is 25.3. The molecule has 2 rings (SSSR count). The van der Waals surface area contributed by atoms with Crippen LogP contribution in [0.5, 0.6) is 0 Å². The molecule has 0 radical (unpaired) electrons. The smallest absolute Gasteiger partial charge is 0.332 e. The zero-order chi connectivity index (χ0) is 19.6. The predicted octanol–water partition coefficient (Wildman–Crippen LogP) is -0.988. The van der Waals surface area contributed by atoms with Crippen molar-refractivity contribution in [2.24, 2.45) is 14.0 Å². The topological polar surface area (TPSA) is 102 Å². The van der Waals surface area contributed by atoms with Gasteiger partial charge in [-0.1, -0.05) is 0 Å². The maximum absolute atomic E-state index is 12.6. The van der Waals surface area contributed by atoms with Crippen LogP contribution in [0.3, 0.4) is 0 Å². The molecule has 0 atom stereocenters. The van der Waals surface area contributed by atoms with Crippen LogP contribution >= 0.6 is 0 Å². The SMILES string of the molecule is [2H]C([2H])([2H])n1cnc2c1c(=O)n(CCCCC(=O)N(C)CO)c(=O)n2C. The lowest BCUT2D eigenvalue weighted by molar-refractivity contribution is -0.133. The Morgan fingerprint density at radius 1 is 1.43 bits per heavy atom. The molecule has 2 aromatic heterocycles. The second-order valence-electron chi connectivity index (χ2n) is 5.28. The lowest BCUT2D eigenvalue weighted by atomic mass is 10.2. The number of aromatic nitrogens is 4. The van der Waals surface area contributed by atoms with Gasteiger partial charge in [-0.15, -0.1) is 0 Å². The number of aryl methyl sites for hydroxylation is 2. The minimum absolute atomic E-state index is 0.00660. The van der Waals surface area contributed by atoms with Crippen molar-refractivity contribution in [1.82, 2.24) is 23.6 Å². The molecule has 0 fully saturated rings. The Balaban J connectivity index is 2.29. The summed E-state index contributed by atoms with van der Waals surface area (Å²) in [7, 11) is 2.88. The fraction of sp³-hybridized carbons (Fsp3) is 0.571. The molecule has 0 saturated heterocycles.